The summed E-state index contributed by atoms with van der Waals surface area (Å²) in [6, 6.07) is 5.02. The number of amidine groups is 1. The third-order valence-corrected chi connectivity index (χ3v) is 5.55. The van der Waals surface area contributed by atoms with Crippen molar-refractivity contribution < 1.29 is 29.3 Å². The van der Waals surface area contributed by atoms with E-state index in [0.29, 0.717) is 28.1 Å². The normalized spacial score (nSPS) is 18.8. The van der Waals surface area contributed by atoms with E-state index in [9.17, 15) is 9.59 Å². The van der Waals surface area contributed by atoms with Crippen molar-refractivity contribution >= 4 is 34.9 Å². The minimum Gasteiger partial charge on any atom is -0.493 e. The van der Waals surface area contributed by atoms with Gasteiger partial charge in [0.1, 0.15) is 0 Å². The lowest BCUT2D eigenvalue weighted by molar-refractivity contribution is -0.139. The number of benzene rings is 1. The molecule has 3 rings (SSSR count). The zero-order valence-electron chi connectivity index (χ0n) is 16.0. The number of aliphatic carboxylic acids is 1. The van der Waals surface area contributed by atoms with E-state index in [0.717, 1.165) is 31.7 Å². The summed E-state index contributed by atoms with van der Waals surface area (Å²) in [5, 5.41) is 18.5. The maximum Gasteiger partial charge on any atom is 0.341 e. The van der Waals surface area contributed by atoms with Gasteiger partial charge in [-0.2, -0.15) is 4.99 Å². The number of thioether (sulfide) groups is 1. The Kier molecular flexibility index (Phi) is 7.13. The molecule has 0 unspecified atom stereocenters. The number of aliphatic hydroxyl groups excluding tert-OH is 1. The molecule has 1 amide bonds. The SMILES string of the molecule is COc1cc(/C=C2/SC(N3CCN(CCO)CC3)=NC2=O)ccc1OCC(=O)O. The van der Waals surface area contributed by atoms with Gasteiger partial charge in [0.25, 0.3) is 5.91 Å². The highest BCUT2D eigenvalue weighted by atomic mass is 32.2. The number of aliphatic hydroxyl groups is 1. The zero-order chi connectivity index (χ0) is 20.8. The number of rotatable bonds is 7. The summed E-state index contributed by atoms with van der Waals surface area (Å²) in [5.74, 6) is -0.654. The van der Waals surface area contributed by atoms with Crippen LogP contribution in [0, 0.1) is 0 Å². The molecule has 0 atom stereocenters. The lowest BCUT2D eigenvalue weighted by Crippen LogP contribution is -2.48. The largest absolute Gasteiger partial charge is 0.493 e. The summed E-state index contributed by atoms with van der Waals surface area (Å²) in [5.41, 5.74) is 0.726. The van der Waals surface area contributed by atoms with Crippen molar-refractivity contribution in [3.8, 4) is 11.5 Å². The monoisotopic (exact) mass is 421 g/mol. The fraction of sp³-hybridized carbons (Fsp3) is 0.421. The van der Waals surface area contributed by atoms with Crippen molar-refractivity contribution in [2.75, 3.05) is 53.0 Å². The van der Waals surface area contributed by atoms with Crippen molar-refractivity contribution in [3.63, 3.8) is 0 Å². The Morgan fingerprint density at radius 1 is 1.28 bits per heavy atom. The van der Waals surface area contributed by atoms with Crippen LogP contribution in [-0.4, -0.2) is 90.1 Å². The van der Waals surface area contributed by atoms with Crippen molar-refractivity contribution in [1.82, 2.24) is 9.80 Å². The number of methoxy groups -OCH3 is 1. The van der Waals surface area contributed by atoms with Crippen molar-refractivity contribution in [3.05, 3.63) is 28.7 Å². The lowest BCUT2D eigenvalue weighted by atomic mass is 10.2. The van der Waals surface area contributed by atoms with E-state index >= 15 is 0 Å². The van der Waals surface area contributed by atoms with Crippen LogP contribution >= 0.6 is 11.8 Å². The lowest BCUT2D eigenvalue weighted by Gasteiger charge is -2.34. The first kappa shape index (κ1) is 21.2. The van der Waals surface area contributed by atoms with Crippen LogP contribution in [0.2, 0.25) is 0 Å². The highest BCUT2D eigenvalue weighted by molar-refractivity contribution is 8.18. The Morgan fingerprint density at radius 3 is 2.69 bits per heavy atom. The van der Waals surface area contributed by atoms with Crippen LogP contribution in [-0.2, 0) is 9.59 Å². The third kappa shape index (κ3) is 5.49. The molecule has 0 saturated carbocycles. The van der Waals surface area contributed by atoms with Gasteiger partial charge in [-0.1, -0.05) is 6.07 Å². The predicted molar refractivity (Wildman–Crippen MR) is 109 cm³/mol. The molecule has 10 heteroatoms. The molecule has 1 aromatic carbocycles. The van der Waals surface area contributed by atoms with Gasteiger partial charge in [0.05, 0.1) is 18.6 Å². The Morgan fingerprint density at radius 2 is 2.03 bits per heavy atom. The van der Waals surface area contributed by atoms with E-state index in [1.54, 1.807) is 24.3 Å². The van der Waals surface area contributed by atoms with Gasteiger partial charge in [-0.05, 0) is 35.5 Å². The molecule has 0 aromatic heterocycles. The molecule has 156 valence electrons. The number of piperazine rings is 1. The van der Waals surface area contributed by atoms with Gasteiger partial charge in [0, 0.05) is 32.7 Å². The van der Waals surface area contributed by atoms with Gasteiger partial charge >= 0.3 is 5.97 Å². The van der Waals surface area contributed by atoms with E-state index in [-0.39, 0.29) is 12.5 Å². The Labute approximate surface area is 172 Å². The van der Waals surface area contributed by atoms with E-state index in [4.69, 9.17) is 19.7 Å². The molecule has 0 bridgehead atoms. The number of β-amino-alcohol motifs (C(OH)–C–C–N with tert-alkyl or cyclic N) is 1. The van der Waals surface area contributed by atoms with Crippen LogP contribution in [0.3, 0.4) is 0 Å². The molecule has 2 N–H and O–H groups in total. The quantitative estimate of drug-likeness (QED) is 0.616. The molecule has 2 aliphatic rings. The maximum absolute atomic E-state index is 12.3. The Balaban J connectivity index is 1.66. The Bertz CT molecular complexity index is 833. The summed E-state index contributed by atoms with van der Waals surface area (Å²) < 4.78 is 10.4. The van der Waals surface area contributed by atoms with Crippen molar-refractivity contribution in [2.24, 2.45) is 4.99 Å². The highest BCUT2D eigenvalue weighted by Gasteiger charge is 2.28. The van der Waals surface area contributed by atoms with E-state index in [1.165, 1.54) is 18.9 Å². The smallest absolute Gasteiger partial charge is 0.341 e. The second-order valence-corrected chi connectivity index (χ2v) is 7.46. The topological polar surface area (TPSA) is 112 Å². The number of hydrogen-bond acceptors (Lipinski definition) is 8. The number of nitrogens with zero attached hydrogens (tertiary/aromatic N) is 3. The summed E-state index contributed by atoms with van der Waals surface area (Å²) in [6.07, 6.45) is 1.73. The van der Waals surface area contributed by atoms with Crippen LogP contribution < -0.4 is 9.47 Å². The fourth-order valence-corrected chi connectivity index (χ4v) is 3.99. The molecule has 0 radical (unpaired) electrons. The standard InChI is InChI=1S/C19H23N3O6S/c1-27-15-10-13(2-3-14(15)28-12-17(24)25)11-16-18(26)20-19(29-16)22-6-4-21(5-7-22)8-9-23/h2-3,10-11,23H,4-9,12H2,1H3,(H,24,25)/b16-11+. The first-order valence-electron chi connectivity index (χ1n) is 9.13. The molecular weight excluding hydrogens is 398 g/mol. The average Bonchev–Trinajstić information content (AvgIpc) is 3.08. The van der Waals surface area contributed by atoms with Gasteiger partial charge in [0.15, 0.2) is 23.3 Å². The second-order valence-electron chi connectivity index (χ2n) is 6.46. The van der Waals surface area contributed by atoms with Crippen LogP contribution in [0.4, 0.5) is 0 Å². The van der Waals surface area contributed by atoms with Crippen LogP contribution in [0.25, 0.3) is 6.08 Å². The minimum atomic E-state index is -1.08. The number of carbonyl (C=O) groups excluding carboxylic acids is 1. The number of carbonyl (C=O) groups is 2. The third-order valence-electron chi connectivity index (χ3n) is 4.50. The summed E-state index contributed by atoms with van der Waals surface area (Å²) >= 11 is 1.34. The molecule has 1 fully saturated rings. The summed E-state index contributed by atoms with van der Waals surface area (Å²) in [7, 11) is 1.47. The van der Waals surface area contributed by atoms with E-state index in [2.05, 4.69) is 14.8 Å². The first-order valence-corrected chi connectivity index (χ1v) is 9.95. The molecule has 0 aliphatic carbocycles. The predicted octanol–water partition coefficient (Wildman–Crippen LogP) is 0.739. The van der Waals surface area contributed by atoms with Gasteiger partial charge in [-0.3, -0.25) is 9.69 Å². The molecular formula is C19H23N3O6S. The van der Waals surface area contributed by atoms with E-state index < -0.39 is 12.6 Å². The second kappa shape index (κ2) is 9.77. The molecule has 1 saturated heterocycles. The van der Waals surface area contributed by atoms with Crippen molar-refractivity contribution in [2.45, 2.75) is 0 Å². The maximum atomic E-state index is 12.3. The molecule has 9 nitrogen and oxygen atoms in total. The van der Waals surface area contributed by atoms with E-state index in [1.807, 2.05) is 0 Å². The number of amides is 1. The minimum absolute atomic E-state index is 0.144. The molecule has 29 heavy (non-hydrogen) atoms. The van der Waals surface area contributed by atoms with Gasteiger partial charge in [-0.25, -0.2) is 4.79 Å². The molecule has 2 heterocycles. The first-order chi connectivity index (χ1) is 14.0. The van der Waals surface area contributed by atoms with Crippen LogP contribution in [0.15, 0.2) is 28.1 Å². The number of ether oxygens (including phenoxy) is 2. The molecule has 1 aromatic rings. The molecule has 2 aliphatic heterocycles. The fourth-order valence-electron chi connectivity index (χ4n) is 3.02. The summed E-state index contributed by atoms with van der Waals surface area (Å²) in [4.78, 5) is 32.0. The number of carboxylic acids is 1. The van der Waals surface area contributed by atoms with Gasteiger partial charge < -0.3 is 24.6 Å². The van der Waals surface area contributed by atoms with Crippen molar-refractivity contribution in [1.29, 1.82) is 0 Å². The van der Waals surface area contributed by atoms with Gasteiger partial charge in [-0.15, -0.1) is 0 Å². The highest BCUT2D eigenvalue weighted by Crippen LogP contribution is 2.33. The van der Waals surface area contributed by atoms with Crippen LogP contribution in [0.5, 0.6) is 11.5 Å². The number of carboxylic acid groups (broad SMARTS) is 1. The zero-order valence-corrected chi connectivity index (χ0v) is 16.9. The number of hydrogen-bond donors (Lipinski definition) is 2. The number of aliphatic imine (C=N–C) groups is 1. The molecule has 0 spiro atoms. The summed E-state index contributed by atoms with van der Waals surface area (Å²) in [6.45, 7) is 3.50. The van der Waals surface area contributed by atoms with Gasteiger partial charge in [0.2, 0.25) is 0 Å². The average molecular weight is 421 g/mol. The van der Waals surface area contributed by atoms with Crippen LogP contribution in [0.1, 0.15) is 5.56 Å². The Hall–Kier alpha value is -2.56.